The van der Waals surface area contributed by atoms with Gasteiger partial charge in [-0.1, -0.05) is 19.1 Å². The topological polar surface area (TPSA) is 339 Å². The second-order valence-corrected chi connectivity index (χ2v) is 14.4. The number of carbonyl (C=O) groups excluding carboxylic acids is 6. The predicted molar refractivity (Wildman–Crippen MR) is 184 cm³/mol. The molecule has 3 saturated heterocycles. The van der Waals surface area contributed by atoms with Crippen LogP contribution in [0, 0.1) is 5.92 Å². The van der Waals surface area contributed by atoms with Gasteiger partial charge < -0.3 is 77.0 Å². The van der Waals surface area contributed by atoms with Gasteiger partial charge in [-0.25, -0.2) is 0 Å². The molecule has 6 amide bonds. The fourth-order valence-corrected chi connectivity index (χ4v) is 6.85. The summed E-state index contributed by atoms with van der Waals surface area (Å²) in [7, 11) is 0. The highest BCUT2D eigenvalue weighted by molar-refractivity contribution is 5.97. The maximum atomic E-state index is 14.0. The number of aliphatic hydroxyl groups is 8. The lowest BCUT2D eigenvalue weighted by molar-refractivity contribution is -0.148. The first-order chi connectivity index (χ1) is 25.7. The molecule has 3 aliphatic heterocycles. The molecule has 0 spiro atoms. The van der Waals surface area contributed by atoms with E-state index in [0.717, 1.165) is 23.6 Å². The van der Waals surface area contributed by atoms with Gasteiger partial charge in [-0.2, -0.15) is 0 Å². The van der Waals surface area contributed by atoms with Crippen molar-refractivity contribution in [3.63, 3.8) is 0 Å². The number of amides is 6. The molecule has 3 heterocycles. The van der Waals surface area contributed by atoms with Crippen LogP contribution in [0.2, 0.25) is 0 Å². The molecular formula is C34H50N6O15. The number of phenols is 1. The first kappa shape index (κ1) is 43.3. The Kier molecular flexibility index (Phi) is 14.1. The largest absolute Gasteiger partial charge is 0.508 e. The summed E-state index contributed by atoms with van der Waals surface area (Å²) >= 11 is 0. The van der Waals surface area contributed by atoms with Gasteiger partial charge in [0.05, 0.1) is 30.5 Å². The average Bonchev–Trinajstić information content (AvgIpc) is 3.67. The Morgan fingerprint density at radius 1 is 0.709 bits per heavy atom. The van der Waals surface area contributed by atoms with E-state index in [1.165, 1.54) is 31.2 Å². The van der Waals surface area contributed by atoms with Crippen LogP contribution in [0.3, 0.4) is 0 Å². The minimum Gasteiger partial charge on any atom is -0.508 e. The number of nitrogens with one attached hydrogen (secondary N) is 4. The minimum atomic E-state index is -2.22. The van der Waals surface area contributed by atoms with Crippen LogP contribution in [-0.4, -0.2) is 177 Å². The maximum absolute atomic E-state index is 14.0. The summed E-state index contributed by atoms with van der Waals surface area (Å²) in [4.78, 5) is 83.5. The van der Waals surface area contributed by atoms with Crippen LogP contribution in [0.4, 0.5) is 0 Å². The van der Waals surface area contributed by atoms with E-state index in [4.69, 9.17) is 0 Å². The molecule has 0 saturated carbocycles. The molecule has 0 bridgehead atoms. The number of hydrogen-bond acceptors (Lipinski definition) is 15. The molecule has 13 N–H and O–H groups in total. The fraction of sp³-hybridized carbons (Fsp3) is 0.647. The van der Waals surface area contributed by atoms with Crippen LogP contribution in [0.1, 0.15) is 51.7 Å². The summed E-state index contributed by atoms with van der Waals surface area (Å²) in [5.74, 6) is -7.71. The number of phenolic OH excluding ortho intramolecular Hbond substituents is 1. The molecule has 306 valence electrons. The number of aromatic hydroxyl groups is 1. The number of hydrogen-bond donors (Lipinski definition) is 13. The Bertz CT molecular complexity index is 1580. The van der Waals surface area contributed by atoms with Crippen molar-refractivity contribution in [1.29, 1.82) is 0 Å². The molecule has 3 fully saturated rings. The highest BCUT2D eigenvalue weighted by Gasteiger charge is 2.49. The fourth-order valence-electron chi connectivity index (χ4n) is 6.85. The van der Waals surface area contributed by atoms with Gasteiger partial charge in [0.1, 0.15) is 48.2 Å². The number of aliphatic hydroxyl groups excluding tert-OH is 8. The van der Waals surface area contributed by atoms with Gasteiger partial charge in [-0.05, 0) is 38.0 Å². The summed E-state index contributed by atoms with van der Waals surface area (Å²) in [5, 5.41) is 105. The van der Waals surface area contributed by atoms with E-state index in [-0.39, 0.29) is 17.9 Å². The molecule has 1 aromatic carbocycles. The van der Waals surface area contributed by atoms with Crippen molar-refractivity contribution in [2.24, 2.45) is 5.92 Å². The Labute approximate surface area is 314 Å². The van der Waals surface area contributed by atoms with Gasteiger partial charge in [0, 0.05) is 31.8 Å². The van der Waals surface area contributed by atoms with Crippen molar-refractivity contribution >= 4 is 35.4 Å². The Morgan fingerprint density at radius 2 is 1.27 bits per heavy atom. The highest BCUT2D eigenvalue weighted by Crippen LogP contribution is 2.27. The molecular weight excluding hydrogens is 732 g/mol. The van der Waals surface area contributed by atoms with E-state index in [9.17, 15) is 74.7 Å². The zero-order valence-electron chi connectivity index (χ0n) is 30.3. The Morgan fingerprint density at radius 3 is 1.87 bits per heavy atom. The molecule has 21 nitrogen and oxygen atoms in total. The van der Waals surface area contributed by atoms with E-state index in [1.54, 1.807) is 0 Å². The lowest BCUT2D eigenvalue weighted by Crippen LogP contribution is -2.64. The minimum absolute atomic E-state index is 0.0392. The lowest BCUT2D eigenvalue weighted by atomic mass is 9.96. The zero-order valence-corrected chi connectivity index (χ0v) is 30.3. The van der Waals surface area contributed by atoms with Gasteiger partial charge >= 0.3 is 0 Å². The monoisotopic (exact) mass is 782 g/mol. The molecule has 3 aliphatic rings. The third-order valence-electron chi connectivity index (χ3n) is 10.1. The molecule has 14 atom stereocenters. The van der Waals surface area contributed by atoms with Crippen LogP contribution in [0.5, 0.6) is 5.75 Å². The molecule has 0 aromatic heterocycles. The first-order valence-corrected chi connectivity index (χ1v) is 17.8. The smallest absolute Gasteiger partial charge is 0.248 e. The Hall–Kier alpha value is -4.48. The lowest BCUT2D eigenvalue weighted by Gasteiger charge is -2.34. The average molecular weight is 783 g/mol. The second kappa shape index (κ2) is 18.0. The third-order valence-corrected chi connectivity index (χ3v) is 10.1. The maximum Gasteiger partial charge on any atom is 0.248 e. The first-order valence-electron chi connectivity index (χ1n) is 17.8. The van der Waals surface area contributed by atoms with Crippen molar-refractivity contribution in [2.75, 3.05) is 13.1 Å². The number of nitrogens with zero attached hydrogens (tertiary/aromatic N) is 2. The van der Waals surface area contributed by atoms with Gasteiger partial charge in [0.15, 0.2) is 6.23 Å². The number of benzene rings is 1. The van der Waals surface area contributed by atoms with E-state index < -0.39 is 146 Å². The van der Waals surface area contributed by atoms with Crippen LogP contribution >= 0.6 is 0 Å². The molecule has 21 heteroatoms. The quantitative estimate of drug-likeness (QED) is 0.132. The van der Waals surface area contributed by atoms with E-state index in [0.29, 0.717) is 0 Å². The van der Waals surface area contributed by atoms with Crippen molar-refractivity contribution < 1.29 is 74.7 Å². The normalized spacial score (nSPS) is 34.2. The predicted octanol–water partition coefficient (Wildman–Crippen LogP) is -6.24. The van der Waals surface area contributed by atoms with Gasteiger partial charge in [0.25, 0.3) is 0 Å². The van der Waals surface area contributed by atoms with Crippen LogP contribution in [0.25, 0.3) is 0 Å². The molecule has 4 rings (SSSR count). The standard InChI is InChI=1S/C34H50N6O15/c1-13-11-40-25(26(13)47)32(53)38-30(51)20(45)8-9-21(46)35-22(14(2)41)33(54)39-12-18(44)10-19(39)29(50)37-24(31(52)36-23(15(3)42)34(40)55)28(49)27(48)16-4-6-17(43)7-5-16/h4-7,13-15,18-20,22-28,30,41-45,47-49,51H,8-12H2,1-3H3,(H,35,46)(H,36,52)(H,37,50)(H,38,53). The summed E-state index contributed by atoms with van der Waals surface area (Å²) in [6, 6.07) is -4.36. The van der Waals surface area contributed by atoms with Crippen LogP contribution in [-0.2, 0) is 28.8 Å². The molecule has 1 aromatic rings. The van der Waals surface area contributed by atoms with Crippen molar-refractivity contribution in [2.45, 2.75) is 119 Å². The Balaban J connectivity index is 1.78. The van der Waals surface area contributed by atoms with Crippen LogP contribution in [0.15, 0.2) is 24.3 Å². The summed E-state index contributed by atoms with van der Waals surface area (Å²) in [6.45, 7) is 2.97. The molecule has 0 radical (unpaired) electrons. The molecule has 14 unspecified atom stereocenters. The highest BCUT2D eigenvalue weighted by atomic mass is 16.3. The number of rotatable bonds is 5. The molecule has 0 aliphatic carbocycles. The van der Waals surface area contributed by atoms with E-state index >= 15 is 0 Å². The number of carbonyl (C=O) groups is 6. The van der Waals surface area contributed by atoms with Gasteiger partial charge in [-0.3, -0.25) is 28.8 Å². The third kappa shape index (κ3) is 9.86. The van der Waals surface area contributed by atoms with Gasteiger partial charge in [-0.15, -0.1) is 0 Å². The summed E-state index contributed by atoms with van der Waals surface area (Å²) < 4.78 is 0. The summed E-state index contributed by atoms with van der Waals surface area (Å²) in [5.41, 5.74) is -0.0392. The second-order valence-electron chi connectivity index (χ2n) is 14.4. The van der Waals surface area contributed by atoms with Crippen LogP contribution < -0.4 is 21.3 Å². The number of fused-ring (bicyclic) bond motifs is 2. The summed E-state index contributed by atoms with van der Waals surface area (Å²) in [6.07, 6.45) is -15.6. The van der Waals surface area contributed by atoms with E-state index in [1.807, 2.05) is 0 Å². The molecule has 55 heavy (non-hydrogen) atoms. The van der Waals surface area contributed by atoms with E-state index in [2.05, 4.69) is 21.3 Å². The van der Waals surface area contributed by atoms with Crippen molar-refractivity contribution in [1.82, 2.24) is 31.1 Å². The van der Waals surface area contributed by atoms with Gasteiger partial charge in [0.2, 0.25) is 35.4 Å². The zero-order chi connectivity index (χ0) is 41.0. The van der Waals surface area contributed by atoms with Crippen molar-refractivity contribution in [3.05, 3.63) is 29.8 Å². The van der Waals surface area contributed by atoms with Crippen molar-refractivity contribution in [3.8, 4) is 5.75 Å². The SMILES string of the molecule is CC(O)C1NC(=O)CCC(O)C(O)NC(=O)C2C(O)C(C)CN2C(=O)C(C(C)O)NC(=O)C(C(O)C(O)c2ccc(O)cc2)NC(=O)C2CC(O)CN2C1=O.